The number of carbonyl (C=O) groups excluding carboxylic acids is 1. The van der Waals surface area contributed by atoms with Gasteiger partial charge in [0.05, 0.1) is 18.9 Å². The van der Waals surface area contributed by atoms with Crippen LogP contribution in [0.2, 0.25) is 0 Å². The van der Waals surface area contributed by atoms with Gasteiger partial charge in [-0.2, -0.15) is 0 Å². The molecule has 3 N–H and O–H groups in total. The van der Waals surface area contributed by atoms with Crippen LogP contribution >= 0.6 is 0 Å². The van der Waals surface area contributed by atoms with E-state index in [1.165, 1.54) is 0 Å². The predicted molar refractivity (Wildman–Crippen MR) is 68.7 cm³/mol. The first-order valence-electron chi connectivity index (χ1n) is 6.13. The number of amides is 1. The topological polar surface area (TPSA) is 73.6 Å². The number of anilines is 1. The molecule has 18 heavy (non-hydrogen) atoms. The van der Waals surface area contributed by atoms with Crippen molar-refractivity contribution in [1.29, 1.82) is 0 Å². The summed E-state index contributed by atoms with van der Waals surface area (Å²) in [4.78, 5) is 11.7. The second-order valence-electron chi connectivity index (χ2n) is 4.22. The number of benzene rings is 1. The number of nitrogen functional groups attached to an aromatic ring is 1. The number of ether oxygens (including phenoxy) is 2. The molecule has 1 aliphatic heterocycles. The van der Waals surface area contributed by atoms with Gasteiger partial charge >= 0.3 is 0 Å². The van der Waals surface area contributed by atoms with Crippen LogP contribution in [0.1, 0.15) is 23.7 Å². The van der Waals surface area contributed by atoms with Gasteiger partial charge < -0.3 is 20.5 Å². The van der Waals surface area contributed by atoms with Crippen molar-refractivity contribution in [3.63, 3.8) is 0 Å². The lowest BCUT2D eigenvalue weighted by atomic mass is 10.1. The maximum atomic E-state index is 11.7. The van der Waals surface area contributed by atoms with Crippen molar-refractivity contribution < 1.29 is 14.3 Å². The van der Waals surface area contributed by atoms with E-state index < -0.39 is 0 Å². The van der Waals surface area contributed by atoms with Crippen LogP contribution in [0.25, 0.3) is 0 Å². The van der Waals surface area contributed by atoms with E-state index in [4.69, 9.17) is 15.2 Å². The zero-order valence-electron chi connectivity index (χ0n) is 10.4. The number of nitrogens with two attached hydrogens (primary N) is 1. The first-order valence-corrected chi connectivity index (χ1v) is 6.13. The molecule has 5 heteroatoms. The monoisotopic (exact) mass is 250 g/mol. The fourth-order valence-corrected chi connectivity index (χ4v) is 1.83. The number of hydrogen-bond acceptors (Lipinski definition) is 4. The van der Waals surface area contributed by atoms with Crippen LogP contribution in [0.15, 0.2) is 18.2 Å². The smallest absolute Gasteiger partial charge is 0.251 e. The Morgan fingerprint density at radius 3 is 3.11 bits per heavy atom. The third-order valence-electron chi connectivity index (χ3n) is 2.79. The molecule has 1 unspecified atom stereocenters. The SMILES string of the molecule is CCNC(=O)c1ccc(N)c(OC2CCOC2)c1. The molecule has 0 radical (unpaired) electrons. The summed E-state index contributed by atoms with van der Waals surface area (Å²) in [5.41, 5.74) is 6.94. The fourth-order valence-electron chi connectivity index (χ4n) is 1.83. The van der Waals surface area contributed by atoms with E-state index in [-0.39, 0.29) is 12.0 Å². The highest BCUT2D eigenvalue weighted by Gasteiger charge is 2.19. The number of rotatable bonds is 4. The lowest BCUT2D eigenvalue weighted by molar-refractivity contribution is 0.0955. The lowest BCUT2D eigenvalue weighted by Gasteiger charge is -2.14. The van der Waals surface area contributed by atoms with Crippen LogP contribution in [0.3, 0.4) is 0 Å². The Kier molecular flexibility index (Phi) is 4.04. The molecule has 1 aromatic carbocycles. The Bertz CT molecular complexity index is 428. The van der Waals surface area contributed by atoms with E-state index >= 15 is 0 Å². The molecule has 1 aromatic rings. The van der Waals surface area contributed by atoms with Crippen LogP contribution in [-0.2, 0) is 4.74 Å². The minimum absolute atomic E-state index is 0.0248. The molecule has 0 spiro atoms. The maximum Gasteiger partial charge on any atom is 0.251 e. The van der Waals surface area contributed by atoms with Crippen LogP contribution in [0.4, 0.5) is 5.69 Å². The van der Waals surface area contributed by atoms with E-state index in [0.29, 0.717) is 36.8 Å². The summed E-state index contributed by atoms with van der Waals surface area (Å²) >= 11 is 0. The van der Waals surface area contributed by atoms with Gasteiger partial charge in [-0.3, -0.25) is 4.79 Å². The molecular formula is C13H18N2O3. The number of nitrogens with one attached hydrogen (secondary N) is 1. The third kappa shape index (κ3) is 2.92. The van der Waals surface area contributed by atoms with Crippen LogP contribution in [-0.4, -0.2) is 31.8 Å². The second-order valence-corrected chi connectivity index (χ2v) is 4.22. The average molecular weight is 250 g/mol. The van der Waals surface area contributed by atoms with E-state index in [2.05, 4.69) is 5.32 Å². The van der Waals surface area contributed by atoms with Crippen molar-refractivity contribution in [3.8, 4) is 5.75 Å². The third-order valence-corrected chi connectivity index (χ3v) is 2.79. The molecule has 1 heterocycles. The Morgan fingerprint density at radius 2 is 2.44 bits per heavy atom. The molecule has 98 valence electrons. The van der Waals surface area contributed by atoms with Crippen LogP contribution < -0.4 is 15.8 Å². The molecule has 1 aliphatic rings. The van der Waals surface area contributed by atoms with E-state index in [9.17, 15) is 4.79 Å². The number of carbonyl (C=O) groups is 1. The molecule has 1 amide bonds. The van der Waals surface area contributed by atoms with Crippen molar-refractivity contribution in [2.45, 2.75) is 19.4 Å². The number of hydrogen-bond donors (Lipinski definition) is 2. The molecule has 2 rings (SSSR count). The molecule has 0 bridgehead atoms. The highest BCUT2D eigenvalue weighted by molar-refractivity contribution is 5.95. The van der Waals surface area contributed by atoms with Crippen molar-refractivity contribution in [2.24, 2.45) is 0 Å². The average Bonchev–Trinajstić information content (AvgIpc) is 2.85. The van der Waals surface area contributed by atoms with Gasteiger partial charge in [-0.1, -0.05) is 0 Å². The normalized spacial score (nSPS) is 18.6. The molecule has 0 saturated carbocycles. The Morgan fingerprint density at radius 1 is 1.61 bits per heavy atom. The maximum absolute atomic E-state index is 11.7. The minimum Gasteiger partial charge on any atom is -0.486 e. The molecular weight excluding hydrogens is 232 g/mol. The zero-order chi connectivity index (χ0) is 13.0. The lowest BCUT2D eigenvalue weighted by Crippen LogP contribution is -2.23. The highest BCUT2D eigenvalue weighted by atomic mass is 16.5. The Hall–Kier alpha value is -1.75. The van der Waals surface area contributed by atoms with E-state index in [0.717, 1.165) is 6.42 Å². The minimum atomic E-state index is -0.120. The van der Waals surface area contributed by atoms with Gasteiger partial charge in [0, 0.05) is 18.5 Å². The summed E-state index contributed by atoms with van der Waals surface area (Å²) < 4.78 is 11.0. The van der Waals surface area contributed by atoms with E-state index in [1.807, 2.05) is 6.92 Å². The van der Waals surface area contributed by atoms with Gasteiger partial charge in [-0.05, 0) is 25.1 Å². The van der Waals surface area contributed by atoms with Gasteiger partial charge in [-0.15, -0.1) is 0 Å². The summed E-state index contributed by atoms with van der Waals surface area (Å²) in [6, 6.07) is 5.06. The standard InChI is InChI=1S/C13H18N2O3/c1-2-15-13(16)9-3-4-11(14)12(7-9)18-10-5-6-17-8-10/h3-4,7,10H,2,5-6,8,14H2,1H3,(H,15,16). The molecule has 1 fully saturated rings. The van der Waals surface area contributed by atoms with Crippen molar-refractivity contribution in [3.05, 3.63) is 23.8 Å². The zero-order valence-corrected chi connectivity index (χ0v) is 10.4. The highest BCUT2D eigenvalue weighted by Crippen LogP contribution is 2.25. The van der Waals surface area contributed by atoms with Gasteiger partial charge in [0.15, 0.2) is 0 Å². The fraction of sp³-hybridized carbons (Fsp3) is 0.462. The van der Waals surface area contributed by atoms with Crippen LogP contribution in [0, 0.1) is 0 Å². The van der Waals surface area contributed by atoms with E-state index in [1.54, 1.807) is 18.2 Å². The van der Waals surface area contributed by atoms with Gasteiger partial charge in [-0.25, -0.2) is 0 Å². The summed E-state index contributed by atoms with van der Waals surface area (Å²) in [6.45, 7) is 3.75. The van der Waals surface area contributed by atoms with Gasteiger partial charge in [0.1, 0.15) is 11.9 Å². The molecule has 1 atom stereocenters. The first kappa shape index (κ1) is 12.7. The molecule has 1 saturated heterocycles. The Balaban J connectivity index is 2.12. The van der Waals surface area contributed by atoms with Crippen LogP contribution in [0.5, 0.6) is 5.75 Å². The summed E-state index contributed by atoms with van der Waals surface area (Å²) in [6.07, 6.45) is 0.877. The summed E-state index contributed by atoms with van der Waals surface area (Å²) in [7, 11) is 0. The molecule has 0 aliphatic carbocycles. The molecule has 0 aromatic heterocycles. The summed E-state index contributed by atoms with van der Waals surface area (Å²) in [5, 5.41) is 2.74. The largest absolute Gasteiger partial charge is 0.486 e. The summed E-state index contributed by atoms with van der Waals surface area (Å²) in [5.74, 6) is 0.430. The van der Waals surface area contributed by atoms with Gasteiger partial charge in [0.25, 0.3) is 5.91 Å². The van der Waals surface area contributed by atoms with Gasteiger partial charge in [0.2, 0.25) is 0 Å². The van der Waals surface area contributed by atoms with Crippen molar-refractivity contribution in [1.82, 2.24) is 5.32 Å². The second kappa shape index (κ2) is 5.73. The Labute approximate surface area is 106 Å². The quantitative estimate of drug-likeness (QED) is 0.787. The van der Waals surface area contributed by atoms with Crippen molar-refractivity contribution in [2.75, 3.05) is 25.5 Å². The first-order chi connectivity index (χ1) is 8.70. The van der Waals surface area contributed by atoms with Crippen molar-refractivity contribution >= 4 is 11.6 Å². The molecule has 5 nitrogen and oxygen atoms in total. The predicted octanol–water partition coefficient (Wildman–Crippen LogP) is 1.19.